The lowest BCUT2D eigenvalue weighted by Gasteiger charge is -2.21. The Morgan fingerprint density at radius 2 is 2.36 bits per heavy atom. The van der Waals surface area contributed by atoms with Crippen LogP contribution in [-0.4, -0.2) is 23.8 Å². The quantitative estimate of drug-likeness (QED) is 0.658. The van der Waals surface area contributed by atoms with Gasteiger partial charge in [0, 0.05) is 7.11 Å². The van der Waals surface area contributed by atoms with Gasteiger partial charge in [-0.15, -0.1) is 0 Å². The van der Waals surface area contributed by atoms with Crippen LogP contribution in [0.3, 0.4) is 0 Å². The van der Waals surface area contributed by atoms with Crippen molar-refractivity contribution in [2.75, 3.05) is 7.11 Å². The van der Waals surface area contributed by atoms with Crippen molar-refractivity contribution in [3.63, 3.8) is 0 Å². The van der Waals surface area contributed by atoms with Crippen LogP contribution >= 0.6 is 0 Å². The van der Waals surface area contributed by atoms with Gasteiger partial charge in [0.1, 0.15) is 0 Å². The van der Waals surface area contributed by atoms with Crippen molar-refractivity contribution in [1.82, 2.24) is 0 Å². The molecule has 1 aliphatic rings. The summed E-state index contributed by atoms with van der Waals surface area (Å²) in [5.74, 6) is -0.338. The highest BCUT2D eigenvalue weighted by Gasteiger charge is 2.44. The van der Waals surface area contributed by atoms with Gasteiger partial charge in [-0.2, -0.15) is 0 Å². The van der Waals surface area contributed by atoms with Gasteiger partial charge in [-0.3, -0.25) is 0 Å². The highest BCUT2D eigenvalue weighted by molar-refractivity contribution is 5.77. The van der Waals surface area contributed by atoms with Gasteiger partial charge in [0.2, 0.25) is 0 Å². The number of aliphatic carboxylic acids is 1. The lowest BCUT2D eigenvalue weighted by molar-refractivity contribution is -0.161. The van der Waals surface area contributed by atoms with Crippen molar-refractivity contribution in [1.29, 1.82) is 0 Å². The minimum Gasteiger partial charge on any atom is -0.479 e. The third kappa shape index (κ3) is 1.38. The van der Waals surface area contributed by atoms with Gasteiger partial charge in [-0.25, -0.2) is 4.79 Å². The van der Waals surface area contributed by atoms with Crippen LogP contribution in [0, 0.1) is 5.92 Å². The van der Waals surface area contributed by atoms with E-state index >= 15 is 0 Å². The molecule has 1 N–H and O–H groups in total. The van der Waals surface area contributed by atoms with Crippen molar-refractivity contribution in [3.8, 4) is 0 Å². The first-order valence-electron chi connectivity index (χ1n) is 3.89. The van der Waals surface area contributed by atoms with Gasteiger partial charge in [0.15, 0.2) is 5.60 Å². The van der Waals surface area contributed by atoms with Gasteiger partial charge in [0.05, 0.1) is 0 Å². The zero-order chi connectivity index (χ0) is 8.48. The topological polar surface area (TPSA) is 46.5 Å². The SMILES string of the molecule is COC1(C(=O)O)CCC(C)C1. The number of rotatable bonds is 2. The number of methoxy groups -OCH3 is 1. The zero-order valence-electron chi connectivity index (χ0n) is 6.96. The lowest BCUT2D eigenvalue weighted by Crippen LogP contribution is -2.37. The summed E-state index contributed by atoms with van der Waals surface area (Å²) >= 11 is 0. The fourth-order valence-corrected chi connectivity index (χ4v) is 1.71. The molecule has 0 aromatic rings. The van der Waals surface area contributed by atoms with E-state index in [4.69, 9.17) is 9.84 Å². The van der Waals surface area contributed by atoms with Crippen molar-refractivity contribution < 1.29 is 14.6 Å². The largest absolute Gasteiger partial charge is 0.479 e. The second-order valence-corrected chi connectivity index (χ2v) is 3.35. The molecular formula is C8H14O3. The van der Waals surface area contributed by atoms with E-state index in [1.807, 2.05) is 0 Å². The maximum absolute atomic E-state index is 10.8. The van der Waals surface area contributed by atoms with Gasteiger partial charge in [-0.1, -0.05) is 6.92 Å². The summed E-state index contributed by atoms with van der Waals surface area (Å²) in [6.45, 7) is 2.06. The van der Waals surface area contributed by atoms with Crippen molar-refractivity contribution in [2.24, 2.45) is 5.92 Å². The van der Waals surface area contributed by atoms with Gasteiger partial charge in [0.25, 0.3) is 0 Å². The molecule has 3 heteroatoms. The van der Waals surface area contributed by atoms with Crippen LogP contribution in [0.15, 0.2) is 0 Å². The van der Waals surface area contributed by atoms with E-state index in [2.05, 4.69) is 6.92 Å². The molecule has 1 saturated carbocycles. The van der Waals surface area contributed by atoms with E-state index in [0.717, 1.165) is 6.42 Å². The summed E-state index contributed by atoms with van der Waals surface area (Å²) in [4.78, 5) is 10.8. The summed E-state index contributed by atoms with van der Waals surface area (Å²) in [6.07, 6.45) is 2.26. The van der Waals surface area contributed by atoms with E-state index in [9.17, 15) is 4.79 Å². The average Bonchev–Trinajstić information content (AvgIpc) is 2.33. The zero-order valence-corrected chi connectivity index (χ0v) is 6.96. The molecule has 11 heavy (non-hydrogen) atoms. The molecule has 0 aromatic heterocycles. The highest BCUT2D eigenvalue weighted by atomic mass is 16.5. The van der Waals surface area contributed by atoms with Gasteiger partial charge >= 0.3 is 5.97 Å². The van der Waals surface area contributed by atoms with E-state index in [1.165, 1.54) is 7.11 Å². The molecule has 2 unspecified atom stereocenters. The van der Waals surface area contributed by atoms with Crippen LogP contribution < -0.4 is 0 Å². The van der Waals surface area contributed by atoms with E-state index in [0.29, 0.717) is 18.8 Å². The molecule has 1 aliphatic carbocycles. The molecule has 0 heterocycles. The Kier molecular flexibility index (Phi) is 2.18. The predicted molar refractivity (Wildman–Crippen MR) is 40.4 cm³/mol. The number of carboxylic acid groups (broad SMARTS) is 1. The Morgan fingerprint density at radius 3 is 2.55 bits per heavy atom. The number of ether oxygens (including phenoxy) is 1. The van der Waals surface area contributed by atoms with Crippen LogP contribution in [0.25, 0.3) is 0 Å². The van der Waals surface area contributed by atoms with E-state index in [-0.39, 0.29) is 0 Å². The van der Waals surface area contributed by atoms with Gasteiger partial charge in [-0.05, 0) is 25.2 Å². The van der Waals surface area contributed by atoms with Crippen LogP contribution in [0.5, 0.6) is 0 Å². The van der Waals surface area contributed by atoms with Crippen LogP contribution in [0.2, 0.25) is 0 Å². The van der Waals surface area contributed by atoms with Gasteiger partial charge < -0.3 is 9.84 Å². The highest BCUT2D eigenvalue weighted by Crippen LogP contribution is 2.36. The molecule has 0 spiro atoms. The third-order valence-corrected chi connectivity index (χ3v) is 2.50. The molecule has 0 saturated heterocycles. The molecule has 0 amide bonds. The second kappa shape index (κ2) is 2.81. The Balaban J connectivity index is 2.70. The summed E-state index contributed by atoms with van der Waals surface area (Å²) < 4.78 is 5.03. The Morgan fingerprint density at radius 1 is 1.73 bits per heavy atom. The van der Waals surface area contributed by atoms with Crippen LogP contribution in [-0.2, 0) is 9.53 Å². The Hall–Kier alpha value is -0.570. The van der Waals surface area contributed by atoms with E-state index < -0.39 is 11.6 Å². The normalized spacial score (nSPS) is 37.5. The molecule has 1 fully saturated rings. The fourth-order valence-electron chi connectivity index (χ4n) is 1.71. The number of carbonyl (C=O) groups is 1. The third-order valence-electron chi connectivity index (χ3n) is 2.50. The lowest BCUT2D eigenvalue weighted by atomic mass is 10.0. The second-order valence-electron chi connectivity index (χ2n) is 3.35. The van der Waals surface area contributed by atoms with Crippen molar-refractivity contribution in [2.45, 2.75) is 31.8 Å². The summed E-state index contributed by atoms with van der Waals surface area (Å²) in [6, 6.07) is 0. The molecule has 0 aliphatic heterocycles. The molecule has 0 aromatic carbocycles. The smallest absolute Gasteiger partial charge is 0.335 e. The molecule has 1 rings (SSSR count). The van der Waals surface area contributed by atoms with Crippen LogP contribution in [0.4, 0.5) is 0 Å². The number of hydrogen-bond donors (Lipinski definition) is 1. The summed E-state index contributed by atoms with van der Waals surface area (Å²) in [5, 5.41) is 8.86. The van der Waals surface area contributed by atoms with E-state index in [1.54, 1.807) is 0 Å². The minimum atomic E-state index is -0.876. The molecule has 64 valence electrons. The van der Waals surface area contributed by atoms with Crippen LogP contribution in [0.1, 0.15) is 26.2 Å². The maximum atomic E-state index is 10.8. The predicted octanol–water partition coefficient (Wildman–Crippen LogP) is 1.28. The molecule has 0 bridgehead atoms. The maximum Gasteiger partial charge on any atom is 0.335 e. The standard InChI is InChI=1S/C8H14O3/c1-6-3-4-8(5-6,11-2)7(9)10/h6H,3-5H2,1-2H3,(H,9,10). The molecule has 2 atom stereocenters. The first-order valence-corrected chi connectivity index (χ1v) is 3.89. The monoisotopic (exact) mass is 158 g/mol. The first-order chi connectivity index (χ1) is 5.10. The first kappa shape index (κ1) is 8.53. The fraction of sp³-hybridized carbons (Fsp3) is 0.875. The Bertz CT molecular complexity index is 167. The summed E-state index contributed by atoms with van der Waals surface area (Å²) in [7, 11) is 1.48. The summed E-state index contributed by atoms with van der Waals surface area (Å²) in [5.41, 5.74) is -0.876. The number of carboxylic acids is 1. The average molecular weight is 158 g/mol. The van der Waals surface area contributed by atoms with Crippen molar-refractivity contribution >= 4 is 5.97 Å². The Labute approximate surface area is 66.4 Å². The molecule has 0 radical (unpaired) electrons. The molecular weight excluding hydrogens is 144 g/mol. The molecule has 3 nitrogen and oxygen atoms in total. The number of hydrogen-bond acceptors (Lipinski definition) is 2. The minimum absolute atomic E-state index is 0.478. The van der Waals surface area contributed by atoms with Crippen molar-refractivity contribution in [3.05, 3.63) is 0 Å².